The molecule has 0 bridgehead atoms. The van der Waals surface area contributed by atoms with Crippen LogP contribution in [0, 0.1) is 0 Å². The molecule has 1 N–H and O–H groups in total. The Hall–Kier alpha value is -1.23. The van der Waals surface area contributed by atoms with E-state index in [0.717, 1.165) is 0 Å². The fourth-order valence-electron chi connectivity index (χ4n) is 2.33. The lowest BCUT2D eigenvalue weighted by atomic mass is 10.00. The Morgan fingerprint density at radius 2 is 1.95 bits per heavy atom. The molecule has 0 aliphatic heterocycles. The van der Waals surface area contributed by atoms with Gasteiger partial charge in [-0.2, -0.15) is 0 Å². The second kappa shape index (κ2) is 7.53. The summed E-state index contributed by atoms with van der Waals surface area (Å²) in [6, 6.07) is 14.7. The van der Waals surface area contributed by atoms with Gasteiger partial charge in [0.1, 0.15) is 0 Å². The van der Waals surface area contributed by atoms with E-state index in [1.54, 1.807) is 7.11 Å². The van der Waals surface area contributed by atoms with Crippen LogP contribution in [0.5, 0.6) is 0 Å². The van der Waals surface area contributed by atoms with Crippen molar-refractivity contribution in [1.29, 1.82) is 0 Å². The second-order valence-electron chi connectivity index (χ2n) is 4.71. The average molecular weight is 291 g/mol. The van der Waals surface area contributed by atoms with Crippen molar-refractivity contribution in [3.63, 3.8) is 0 Å². The van der Waals surface area contributed by atoms with Crippen LogP contribution in [-0.2, 0) is 15.5 Å². The Labute approximate surface area is 122 Å². The van der Waals surface area contributed by atoms with Gasteiger partial charge in [0.25, 0.3) is 0 Å². The highest BCUT2D eigenvalue weighted by molar-refractivity contribution is 7.85. The van der Waals surface area contributed by atoms with Crippen LogP contribution in [0.3, 0.4) is 0 Å². The number of fused-ring (bicyclic) bond motifs is 1. The first kappa shape index (κ1) is 15.2. The van der Waals surface area contributed by atoms with E-state index in [2.05, 4.69) is 35.6 Å². The number of rotatable bonds is 7. The van der Waals surface area contributed by atoms with Crippen LogP contribution < -0.4 is 5.32 Å². The van der Waals surface area contributed by atoms with Gasteiger partial charge in [0.15, 0.2) is 0 Å². The maximum atomic E-state index is 12.1. The first-order valence-corrected chi connectivity index (χ1v) is 8.24. The first-order valence-electron chi connectivity index (χ1n) is 6.75. The SMILES string of the molecule is CNC(CS(=O)CCOC)c1cccc2ccccc12. The minimum atomic E-state index is -0.881. The van der Waals surface area contributed by atoms with Gasteiger partial charge in [0, 0.05) is 35.5 Å². The normalized spacial score (nSPS) is 14.3. The minimum absolute atomic E-state index is 0.0961. The zero-order valence-corrected chi connectivity index (χ0v) is 12.8. The standard InChI is InChI=1S/C16H21NO2S/c1-17-16(12-20(18)11-10-19-2)15-9-5-7-13-6-3-4-8-14(13)15/h3-9,16-17H,10-12H2,1-2H3. The Morgan fingerprint density at radius 1 is 1.20 bits per heavy atom. The van der Waals surface area contributed by atoms with Crippen LogP contribution >= 0.6 is 0 Å². The molecule has 2 aromatic carbocycles. The minimum Gasteiger partial charge on any atom is -0.384 e. The molecule has 20 heavy (non-hydrogen) atoms. The lowest BCUT2D eigenvalue weighted by molar-refractivity contribution is 0.218. The molecule has 0 aliphatic rings. The van der Waals surface area contributed by atoms with Crippen molar-refractivity contribution in [2.75, 3.05) is 32.3 Å². The summed E-state index contributed by atoms with van der Waals surface area (Å²) in [5.41, 5.74) is 1.20. The molecule has 0 radical (unpaired) electrons. The molecule has 108 valence electrons. The molecule has 0 amide bonds. The van der Waals surface area contributed by atoms with Crippen molar-refractivity contribution in [3.8, 4) is 0 Å². The monoisotopic (exact) mass is 291 g/mol. The molecule has 2 atom stereocenters. The van der Waals surface area contributed by atoms with E-state index < -0.39 is 10.8 Å². The van der Waals surface area contributed by atoms with Gasteiger partial charge in [-0.25, -0.2) is 0 Å². The number of benzene rings is 2. The predicted octanol–water partition coefficient (Wildman–Crippen LogP) is 2.50. The number of methoxy groups -OCH3 is 1. The van der Waals surface area contributed by atoms with Crippen molar-refractivity contribution in [2.45, 2.75) is 6.04 Å². The summed E-state index contributed by atoms with van der Waals surface area (Å²) in [4.78, 5) is 0. The summed E-state index contributed by atoms with van der Waals surface area (Å²) in [5, 5.41) is 5.72. The van der Waals surface area contributed by atoms with Gasteiger partial charge in [-0.15, -0.1) is 0 Å². The summed E-state index contributed by atoms with van der Waals surface area (Å²) in [6.07, 6.45) is 0. The Bertz CT molecular complexity index is 580. The molecule has 0 saturated heterocycles. The predicted molar refractivity (Wildman–Crippen MR) is 85.5 cm³/mol. The van der Waals surface area contributed by atoms with Gasteiger partial charge >= 0.3 is 0 Å². The van der Waals surface area contributed by atoms with Crippen LogP contribution in [0.2, 0.25) is 0 Å². The highest BCUT2D eigenvalue weighted by atomic mass is 32.2. The molecule has 0 aliphatic carbocycles. The Balaban J connectivity index is 2.23. The lowest BCUT2D eigenvalue weighted by Gasteiger charge is -2.18. The second-order valence-corrected chi connectivity index (χ2v) is 6.33. The highest BCUT2D eigenvalue weighted by Gasteiger charge is 2.15. The molecule has 4 heteroatoms. The third-order valence-corrected chi connectivity index (χ3v) is 4.74. The number of ether oxygens (including phenoxy) is 1. The van der Waals surface area contributed by atoms with Crippen LogP contribution in [0.4, 0.5) is 0 Å². The van der Waals surface area contributed by atoms with E-state index in [4.69, 9.17) is 4.74 Å². The van der Waals surface area contributed by atoms with Crippen molar-refractivity contribution < 1.29 is 8.95 Å². The Morgan fingerprint density at radius 3 is 2.70 bits per heavy atom. The molecule has 0 spiro atoms. The summed E-state index contributed by atoms with van der Waals surface area (Å²) in [6.45, 7) is 0.540. The van der Waals surface area contributed by atoms with E-state index in [1.165, 1.54) is 16.3 Å². The smallest absolute Gasteiger partial charge is 0.0577 e. The van der Waals surface area contributed by atoms with Crippen molar-refractivity contribution in [3.05, 3.63) is 48.0 Å². The largest absolute Gasteiger partial charge is 0.384 e. The van der Waals surface area contributed by atoms with E-state index in [9.17, 15) is 4.21 Å². The highest BCUT2D eigenvalue weighted by Crippen LogP contribution is 2.24. The molecule has 3 nitrogen and oxygen atoms in total. The third kappa shape index (κ3) is 3.66. The average Bonchev–Trinajstić information content (AvgIpc) is 2.50. The number of nitrogens with one attached hydrogen (secondary N) is 1. The van der Waals surface area contributed by atoms with Gasteiger partial charge in [-0.1, -0.05) is 42.5 Å². The van der Waals surface area contributed by atoms with Gasteiger partial charge in [0.05, 0.1) is 6.61 Å². The zero-order valence-electron chi connectivity index (χ0n) is 12.0. The maximum Gasteiger partial charge on any atom is 0.0577 e. The lowest BCUT2D eigenvalue weighted by Crippen LogP contribution is -2.24. The van der Waals surface area contributed by atoms with Gasteiger partial charge in [-0.05, 0) is 23.4 Å². The topological polar surface area (TPSA) is 38.3 Å². The zero-order chi connectivity index (χ0) is 14.4. The van der Waals surface area contributed by atoms with Crippen molar-refractivity contribution >= 4 is 21.6 Å². The van der Waals surface area contributed by atoms with Gasteiger partial charge in [0.2, 0.25) is 0 Å². The van der Waals surface area contributed by atoms with E-state index in [0.29, 0.717) is 18.1 Å². The van der Waals surface area contributed by atoms with Crippen molar-refractivity contribution in [1.82, 2.24) is 5.32 Å². The van der Waals surface area contributed by atoms with Crippen LogP contribution in [0.15, 0.2) is 42.5 Å². The third-order valence-electron chi connectivity index (χ3n) is 3.41. The van der Waals surface area contributed by atoms with Crippen LogP contribution in [0.1, 0.15) is 11.6 Å². The quantitative estimate of drug-likeness (QED) is 0.852. The molecule has 2 rings (SSSR count). The molecule has 0 saturated carbocycles. The molecule has 2 unspecified atom stereocenters. The summed E-state index contributed by atoms with van der Waals surface area (Å²) >= 11 is 0. The molecule has 0 heterocycles. The molecule has 0 aromatic heterocycles. The number of hydrogen-bond donors (Lipinski definition) is 1. The summed E-state index contributed by atoms with van der Waals surface area (Å²) < 4.78 is 17.1. The molecule has 2 aromatic rings. The summed E-state index contributed by atoms with van der Waals surface area (Å²) in [5.74, 6) is 1.19. The number of hydrogen-bond acceptors (Lipinski definition) is 3. The van der Waals surface area contributed by atoms with Crippen molar-refractivity contribution in [2.24, 2.45) is 0 Å². The van der Waals surface area contributed by atoms with Gasteiger partial charge < -0.3 is 10.1 Å². The first-order chi connectivity index (χ1) is 9.76. The van der Waals surface area contributed by atoms with Gasteiger partial charge in [-0.3, -0.25) is 4.21 Å². The Kier molecular flexibility index (Phi) is 5.71. The summed E-state index contributed by atoms with van der Waals surface area (Å²) in [7, 11) is 2.67. The fourth-order valence-corrected chi connectivity index (χ4v) is 3.57. The maximum absolute atomic E-state index is 12.1. The van der Waals surface area contributed by atoms with E-state index >= 15 is 0 Å². The van der Waals surface area contributed by atoms with Crippen LogP contribution in [0.25, 0.3) is 10.8 Å². The molecular weight excluding hydrogens is 270 g/mol. The van der Waals surface area contributed by atoms with E-state index in [1.807, 2.05) is 19.2 Å². The van der Waals surface area contributed by atoms with Crippen LogP contribution in [-0.4, -0.2) is 36.5 Å². The molecular formula is C16H21NO2S. The molecule has 0 fully saturated rings. The fraction of sp³-hybridized carbons (Fsp3) is 0.375. The van der Waals surface area contributed by atoms with E-state index in [-0.39, 0.29) is 6.04 Å².